The van der Waals surface area contributed by atoms with E-state index in [9.17, 15) is 0 Å². The Morgan fingerprint density at radius 1 is 1.24 bits per heavy atom. The first-order valence-electron chi connectivity index (χ1n) is 7.08. The lowest BCUT2D eigenvalue weighted by atomic mass is 10.2. The van der Waals surface area contributed by atoms with Gasteiger partial charge in [0, 0.05) is 6.20 Å². The molecule has 0 aliphatic rings. The number of ether oxygens (including phenoxy) is 1. The second-order valence-electron chi connectivity index (χ2n) is 5.57. The predicted octanol–water partition coefficient (Wildman–Crippen LogP) is 4.23. The van der Waals surface area contributed by atoms with Crippen LogP contribution in [0.25, 0.3) is 22.6 Å². The van der Waals surface area contributed by atoms with Crippen LogP contribution in [-0.2, 0) is 0 Å². The van der Waals surface area contributed by atoms with Crippen molar-refractivity contribution in [3.8, 4) is 17.2 Å². The summed E-state index contributed by atoms with van der Waals surface area (Å²) in [5.74, 6) is 1.72. The van der Waals surface area contributed by atoms with Crippen molar-refractivity contribution >= 4 is 11.1 Å². The van der Waals surface area contributed by atoms with Gasteiger partial charge >= 0.3 is 0 Å². The fourth-order valence-corrected chi connectivity index (χ4v) is 2.08. The standard InChI is InChI=1S/C17H18N2O2/c1-11(2)10-20-16-9-18-7-6-13(16)17-19-14-8-12(3)4-5-15(14)21-17/h4-9,11H,10H2,1-3H3. The summed E-state index contributed by atoms with van der Waals surface area (Å²) in [4.78, 5) is 8.68. The molecular formula is C17H18N2O2. The van der Waals surface area contributed by atoms with Crippen LogP contribution in [0.3, 0.4) is 0 Å². The van der Waals surface area contributed by atoms with E-state index < -0.39 is 0 Å². The summed E-state index contributed by atoms with van der Waals surface area (Å²) in [5.41, 5.74) is 3.63. The van der Waals surface area contributed by atoms with Crippen LogP contribution in [-0.4, -0.2) is 16.6 Å². The zero-order valence-corrected chi connectivity index (χ0v) is 12.5. The fraction of sp³-hybridized carbons (Fsp3) is 0.294. The summed E-state index contributed by atoms with van der Waals surface area (Å²) in [6.45, 7) is 6.89. The molecule has 0 fully saturated rings. The van der Waals surface area contributed by atoms with Gasteiger partial charge in [0.1, 0.15) is 11.3 Å². The molecule has 108 valence electrons. The predicted molar refractivity (Wildman–Crippen MR) is 82.3 cm³/mol. The maximum Gasteiger partial charge on any atom is 0.231 e. The molecule has 4 nitrogen and oxygen atoms in total. The first kappa shape index (κ1) is 13.6. The van der Waals surface area contributed by atoms with Crippen molar-refractivity contribution in [3.63, 3.8) is 0 Å². The maximum atomic E-state index is 5.84. The summed E-state index contributed by atoms with van der Waals surface area (Å²) >= 11 is 0. The third kappa shape index (κ3) is 2.89. The second-order valence-corrected chi connectivity index (χ2v) is 5.57. The van der Waals surface area contributed by atoms with Gasteiger partial charge in [-0.1, -0.05) is 19.9 Å². The number of aryl methyl sites for hydroxylation is 1. The summed E-state index contributed by atoms with van der Waals surface area (Å²) in [7, 11) is 0. The molecule has 3 aromatic rings. The number of fused-ring (bicyclic) bond motifs is 1. The third-order valence-electron chi connectivity index (χ3n) is 3.13. The van der Waals surface area contributed by atoms with Crippen molar-refractivity contribution in [1.82, 2.24) is 9.97 Å². The van der Waals surface area contributed by atoms with Gasteiger partial charge in [-0.05, 0) is 36.6 Å². The van der Waals surface area contributed by atoms with E-state index in [1.54, 1.807) is 12.4 Å². The van der Waals surface area contributed by atoms with E-state index in [1.165, 1.54) is 0 Å². The first-order chi connectivity index (χ1) is 10.1. The number of hydrogen-bond donors (Lipinski definition) is 0. The van der Waals surface area contributed by atoms with E-state index in [0.29, 0.717) is 24.2 Å². The van der Waals surface area contributed by atoms with Crippen LogP contribution in [0.15, 0.2) is 41.1 Å². The number of pyridine rings is 1. The molecular weight excluding hydrogens is 264 g/mol. The molecule has 0 bridgehead atoms. The Morgan fingerprint density at radius 2 is 2.10 bits per heavy atom. The Balaban J connectivity index is 2.01. The van der Waals surface area contributed by atoms with E-state index in [4.69, 9.17) is 9.15 Å². The lowest BCUT2D eigenvalue weighted by Gasteiger charge is -2.10. The molecule has 3 rings (SSSR count). The molecule has 4 heteroatoms. The van der Waals surface area contributed by atoms with Crippen LogP contribution < -0.4 is 4.74 Å². The highest BCUT2D eigenvalue weighted by atomic mass is 16.5. The molecule has 0 atom stereocenters. The Labute approximate surface area is 123 Å². The lowest BCUT2D eigenvalue weighted by Crippen LogP contribution is -2.05. The molecule has 0 N–H and O–H groups in total. The number of benzene rings is 1. The monoisotopic (exact) mass is 282 g/mol. The highest BCUT2D eigenvalue weighted by Crippen LogP contribution is 2.31. The molecule has 0 saturated heterocycles. The first-order valence-corrected chi connectivity index (χ1v) is 7.08. The smallest absolute Gasteiger partial charge is 0.231 e. The minimum absolute atomic E-state index is 0.448. The van der Waals surface area contributed by atoms with Crippen molar-refractivity contribution in [2.75, 3.05) is 6.61 Å². The van der Waals surface area contributed by atoms with E-state index in [2.05, 4.69) is 23.8 Å². The van der Waals surface area contributed by atoms with Crippen molar-refractivity contribution in [3.05, 3.63) is 42.2 Å². The number of hydrogen-bond acceptors (Lipinski definition) is 4. The zero-order chi connectivity index (χ0) is 14.8. The van der Waals surface area contributed by atoms with Crippen LogP contribution in [0, 0.1) is 12.8 Å². The Kier molecular flexibility index (Phi) is 3.60. The van der Waals surface area contributed by atoms with Crippen LogP contribution in [0.2, 0.25) is 0 Å². The minimum atomic E-state index is 0.448. The second kappa shape index (κ2) is 5.56. The normalized spacial score (nSPS) is 11.2. The molecule has 1 aromatic carbocycles. The molecule has 0 unspecified atom stereocenters. The van der Waals surface area contributed by atoms with E-state index in [-0.39, 0.29) is 0 Å². The molecule has 2 aromatic heterocycles. The molecule has 0 radical (unpaired) electrons. The molecule has 0 aliphatic carbocycles. The quantitative estimate of drug-likeness (QED) is 0.718. The average molecular weight is 282 g/mol. The largest absolute Gasteiger partial charge is 0.491 e. The minimum Gasteiger partial charge on any atom is -0.491 e. The molecule has 0 saturated carbocycles. The Hall–Kier alpha value is -2.36. The zero-order valence-electron chi connectivity index (χ0n) is 12.5. The topological polar surface area (TPSA) is 48.2 Å². The van der Waals surface area contributed by atoms with Crippen LogP contribution in [0.4, 0.5) is 0 Å². The number of nitrogens with zero attached hydrogens (tertiary/aromatic N) is 2. The van der Waals surface area contributed by atoms with Crippen LogP contribution in [0.1, 0.15) is 19.4 Å². The molecule has 2 heterocycles. The van der Waals surface area contributed by atoms with E-state index in [0.717, 1.165) is 22.2 Å². The van der Waals surface area contributed by atoms with Gasteiger partial charge < -0.3 is 9.15 Å². The number of rotatable bonds is 4. The Bertz CT molecular complexity index is 762. The van der Waals surface area contributed by atoms with Crippen LogP contribution >= 0.6 is 0 Å². The highest BCUT2D eigenvalue weighted by Gasteiger charge is 2.14. The Morgan fingerprint density at radius 3 is 2.90 bits per heavy atom. The van der Waals surface area contributed by atoms with Gasteiger partial charge in [-0.25, -0.2) is 4.98 Å². The average Bonchev–Trinajstić information content (AvgIpc) is 2.88. The maximum absolute atomic E-state index is 5.84. The van der Waals surface area contributed by atoms with Crippen molar-refractivity contribution < 1.29 is 9.15 Å². The van der Waals surface area contributed by atoms with Crippen molar-refractivity contribution in [2.45, 2.75) is 20.8 Å². The van der Waals surface area contributed by atoms with Gasteiger partial charge in [0.25, 0.3) is 0 Å². The molecule has 0 aliphatic heterocycles. The van der Waals surface area contributed by atoms with E-state index in [1.807, 2.05) is 31.2 Å². The van der Waals surface area contributed by atoms with Gasteiger partial charge in [-0.15, -0.1) is 0 Å². The SMILES string of the molecule is Cc1ccc2oc(-c3ccncc3OCC(C)C)nc2c1. The summed E-state index contributed by atoms with van der Waals surface area (Å²) in [5, 5.41) is 0. The number of aromatic nitrogens is 2. The molecule has 0 spiro atoms. The van der Waals surface area contributed by atoms with Gasteiger partial charge in [-0.2, -0.15) is 0 Å². The molecule has 21 heavy (non-hydrogen) atoms. The van der Waals surface area contributed by atoms with Gasteiger partial charge in [0.2, 0.25) is 5.89 Å². The summed E-state index contributed by atoms with van der Waals surface area (Å²) in [6, 6.07) is 7.84. The lowest BCUT2D eigenvalue weighted by molar-refractivity contribution is 0.270. The third-order valence-corrected chi connectivity index (χ3v) is 3.13. The summed E-state index contributed by atoms with van der Waals surface area (Å²) in [6.07, 6.45) is 3.43. The summed E-state index contributed by atoms with van der Waals surface area (Å²) < 4.78 is 11.6. The highest BCUT2D eigenvalue weighted by molar-refractivity contribution is 5.77. The van der Waals surface area contributed by atoms with E-state index >= 15 is 0 Å². The van der Waals surface area contributed by atoms with Crippen molar-refractivity contribution in [2.24, 2.45) is 5.92 Å². The fourth-order valence-electron chi connectivity index (χ4n) is 2.08. The van der Waals surface area contributed by atoms with Gasteiger partial charge in [0.15, 0.2) is 5.58 Å². The van der Waals surface area contributed by atoms with Crippen LogP contribution in [0.5, 0.6) is 5.75 Å². The van der Waals surface area contributed by atoms with Crippen molar-refractivity contribution in [1.29, 1.82) is 0 Å². The molecule has 0 amide bonds. The van der Waals surface area contributed by atoms with Gasteiger partial charge in [-0.3, -0.25) is 4.98 Å². The van der Waals surface area contributed by atoms with Gasteiger partial charge in [0.05, 0.1) is 18.4 Å². The number of oxazole rings is 1.